The molecule has 0 aliphatic heterocycles. The molecule has 2 unspecified atom stereocenters. The number of hydrogen-bond donors (Lipinski definition) is 1. The second kappa shape index (κ2) is 4.35. The van der Waals surface area contributed by atoms with Crippen LogP contribution in [0.25, 0.3) is 0 Å². The van der Waals surface area contributed by atoms with Crippen LogP contribution in [0.2, 0.25) is 0 Å². The van der Waals surface area contributed by atoms with Crippen molar-refractivity contribution < 1.29 is 0 Å². The third-order valence-corrected chi connectivity index (χ3v) is 2.49. The molecule has 0 spiro atoms. The van der Waals surface area contributed by atoms with Crippen LogP contribution in [-0.4, -0.2) is 6.04 Å². The Morgan fingerprint density at radius 1 is 1.09 bits per heavy atom. The number of nitrogens with zero attached hydrogens (tertiary/aromatic N) is 1. The first-order valence-corrected chi connectivity index (χ1v) is 4.50. The molecule has 1 aliphatic rings. The largest absolute Gasteiger partial charge is 0.327 e. The van der Waals surface area contributed by atoms with Gasteiger partial charge in [0, 0.05) is 6.04 Å². The molecule has 0 aromatic carbocycles. The van der Waals surface area contributed by atoms with E-state index in [1.54, 1.807) is 0 Å². The van der Waals surface area contributed by atoms with Crippen LogP contribution in [0.4, 0.5) is 0 Å². The van der Waals surface area contributed by atoms with Gasteiger partial charge in [-0.15, -0.1) is 0 Å². The van der Waals surface area contributed by atoms with E-state index in [1.165, 1.54) is 25.7 Å². The molecule has 2 atom stereocenters. The lowest BCUT2D eigenvalue weighted by molar-refractivity contribution is 0.389. The fourth-order valence-corrected chi connectivity index (χ4v) is 1.67. The molecule has 11 heavy (non-hydrogen) atoms. The Balaban J connectivity index is 2.41. The highest BCUT2D eigenvalue weighted by Crippen LogP contribution is 2.20. The lowest BCUT2D eigenvalue weighted by atomic mass is 9.88. The molecule has 1 rings (SSSR count). The maximum Gasteiger partial charge on any atom is 0.0672 e. The second-order valence-corrected chi connectivity index (χ2v) is 3.39. The molecular formula is C9H16N2. The zero-order valence-corrected chi connectivity index (χ0v) is 6.92. The molecule has 0 heterocycles. The molecule has 0 radical (unpaired) electrons. The van der Waals surface area contributed by atoms with Crippen molar-refractivity contribution in [1.29, 1.82) is 5.26 Å². The van der Waals surface area contributed by atoms with Gasteiger partial charge in [-0.2, -0.15) is 5.26 Å². The first kappa shape index (κ1) is 8.55. The van der Waals surface area contributed by atoms with Gasteiger partial charge in [-0.3, -0.25) is 0 Å². The standard InChI is InChI=1S/C9H16N2/c10-7-8-5-3-1-2-4-6-9(8)11/h8-9H,1-6,11H2. The average Bonchev–Trinajstić information content (AvgIpc) is 1.98. The van der Waals surface area contributed by atoms with Crippen LogP contribution in [0.15, 0.2) is 0 Å². The summed E-state index contributed by atoms with van der Waals surface area (Å²) in [5, 5.41) is 8.75. The first-order valence-electron chi connectivity index (χ1n) is 4.50. The van der Waals surface area contributed by atoms with E-state index in [0.717, 1.165) is 12.8 Å². The Hall–Kier alpha value is -0.550. The van der Waals surface area contributed by atoms with Gasteiger partial charge in [0.25, 0.3) is 0 Å². The number of hydrogen-bond acceptors (Lipinski definition) is 2. The van der Waals surface area contributed by atoms with E-state index in [0.29, 0.717) is 0 Å². The molecule has 0 amide bonds. The predicted octanol–water partition coefficient (Wildman–Crippen LogP) is 1.81. The van der Waals surface area contributed by atoms with E-state index in [-0.39, 0.29) is 12.0 Å². The molecule has 0 saturated heterocycles. The van der Waals surface area contributed by atoms with Gasteiger partial charge in [-0.1, -0.05) is 25.7 Å². The maximum absolute atomic E-state index is 8.75. The van der Waals surface area contributed by atoms with Crippen LogP contribution < -0.4 is 5.73 Å². The monoisotopic (exact) mass is 152 g/mol. The van der Waals surface area contributed by atoms with E-state index in [4.69, 9.17) is 11.0 Å². The van der Waals surface area contributed by atoms with Gasteiger partial charge >= 0.3 is 0 Å². The van der Waals surface area contributed by atoms with Gasteiger partial charge in [-0.25, -0.2) is 0 Å². The minimum Gasteiger partial charge on any atom is -0.327 e. The van der Waals surface area contributed by atoms with Gasteiger partial charge in [0.1, 0.15) is 0 Å². The highest BCUT2D eigenvalue weighted by Gasteiger charge is 2.17. The summed E-state index contributed by atoms with van der Waals surface area (Å²) in [5.41, 5.74) is 5.84. The summed E-state index contributed by atoms with van der Waals surface area (Å²) in [7, 11) is 0. The number of nitrogens with two attached hydrogens (primary N) is 1. The van der Waals surface area contributed by atoms with Gasteiger partial charge in [0.2, 0.25) is 0 Å². The summed E-state index contributed by atoms with van der Waals surface area (Å²) in [4.78, 5) is 0. The highest BCUT2D eigenvalue weighted by atomic mass is 14.6. The van der Waals surface area contributed by atoms with Crippen LogP contribution in [0.3, 0.4) is 0 Å². The minimum atomic E-state index is 0.121. The molecule has 2 N–H and O–H groups in total. The highest BCUT2D eigenvalue weighted by molar-refractivity contribution is 4.90. The van der Waals surface area contributed by atoms with Crippen molar-refractivity contribution >= 4 is 0 Å². The zero-order chi connectivity index (χ0) is 8.10. The topological polar surface area (TPSA) is 49.8 Å². The SMILES string of the molecule is N#CC1CCCCCCC1N. The second-order valence-electron chi connectivity index (χ2n) is 3.39. The van der Waals surface area contributed by atoms with Crippen LogP contribution in [0.5, 0.6) is 0 Å². The Morgan fingerprint density at radius 2 is 1.73 bits per heavy atom. The summed E-state index contributed by atoms with van der Waals surface area (Å²) in [5.74, 6) is 0.121. The quantitative estimate of drug-likeness (QED) is 0.575. The smallest absolute Gasteiger partial charge is 0.0672 e. The molecule has 1 saturated carbocycles. The summed E-state index contributed by atoms with van der Waals surface area (Å²) in [6, 6.07) is 2.44. The van der Waals surface area contributed by atoms with Gasteiger partial charge in [0.15, 0.2) is 0 Å². The predicted molar refractivity (Wildman–Crippen MR) is 44.8 cm³/mol. The third-order valence-electron chi connectivity index (χ3n) is 2.49. The molecule has 2 nitrogen and oxygen atoms in total. The number of nitriles is 1. The van der Waals surface area contributed by atoms with Crippen molar-refractivity contribution in [1.82, 2.24) is 0 Å². The zero-order valence-electron chi connectivity index (χ0n) is 6.92. The normalized spacial score (nSPS) is 33.5. The third kappa shape index (κ3) is 2.51. The Kier molecular flexibility index (Phi) is 3.38. The fraction of sp³-hybridized carbons (Fsp3) is 0.889. The lowest BCUT2D eigenvalue weighted by Crippen LogP contribution is -2.29. The molecule has 0 aromatic heterocycles. The summed E-state index contributed by atoms with van der Waals surface area (Å²) < 4.78 is 0. The lowest BCUT2D eigenvalue weighted by Gasteiger charge is -2.19. The van der Waals surface area contributed by atoms with Gasteiger partial charge in [-0.05, 0) is 12.8 Å². The molecule has 1 fully saturated rings. The maximum atomic E-state index is 8.75. The molecule has 2 heteroatoms. The average molecular weight is 152 g/mol. The van der Waals surface area contributed by atoms with Crippen molar-refractivity contribution in [2.45, 2.75) is 44.6 Å². The van der Waals surface area contributed by atoms with Crippen molar-refractivity contribution in [3.05, 3.63) is 0 Å². The van der Waals surface area contributed by atoms with Crippen LogP contribution in [0.1, 0.15) is 38.5 Å². The van der Waals surface area contributed by atoms with Crippen LogP contribution in [-0.2, 0) is 0 Å². The van der Waals surface area contributed by atoms with Crippen LogP contribution >= 0.6 is 0 Å². The molecule has 0 bridgehead atoms. The van der Waals surface area contributed by atoms with E-state index >= 15 is 0 Å². The minimum absolute atomic E-state index is 0.121. The molecule has 0 aromatic rings. The van der Waals surface area contributed by atoms with Gasteiger partial charge in [0.05, 0.1) is 12.0 Å². The number of rotatable bonds is 0. The Morgan fingerprint density at radius 3 is 2.36 bits per heavy atom. The van der Waals surface area contributed by atoms with E-state index < -0.39 is 0 Å². The van der Waals surface area contributed by atoms with Crippen LogP contribution in [0, 0.1) is 17.2 Å². The van der Waals surface area contributed by atoms with Crippen molar-refractivity contribution in [3.8, 4) is 6.07 Å². The van der Waals surface area contributed by atoms with E-state index in [1.807, 2.05) is 0 Å². The molecule has 62 valence electrons. The summed E-state index contributed by atoms with van der Waals surface area (Å²) in [6.45, 7) is 0. The van der Waals surface area contributed by atoms with Crippen molar-refractivity contribution in [2.75, 3.05) is 0 Å². The van der Waals surface area contributed by atoms with Gasteiger partial charge < -0.3 is 5.73 Å². The van der Waals surface area contributed by atoms with E-state index in [9.17, 15) is 0 Å². The first-order chi connectivity index (χ1) is 5.34. The Labute approximate surface area is 68.4 Å². The van der Waals surface area contributed by atoms with Crippen molar-refractivity contribution in [2.24, 2.45) is 11.7 Å². The summed E-state index contributed by atoms with van der Waals surface area (Å²) in [6.07, 6.45) is 7.03. The van der Waals surface area contributed by atoms with E-state index in [2.05, 4.69) is 6.07 Å². The fourth-order valence-electron chi connectivity index (χ4n) is 1.67. The van der Waals surface area contributed by atoms with Crippen molar-refractivity contribution in [3.63, 3.8) is 0 Å². The summed E-state index contributed by atoms with van der Waals surface area (Å²) >= 11 is 0. The molecular weight excluding hydrogens is 136 g/mol. The molecule has 1 aliphatic carbocycles. The Bertz CT molecular complexity index is 148.